The molecule has 7 nitrogen and oxygen atoms in total. The van der Waals surface area contributed by atoms with Gasteiger partial charge < -0.3 is 10.4 Å². The molecule has 7 heteroatoms. The number of carboxylic acids is 1. The van der Waals surface area contributed by atoms with Gasteiger partial charge in [0, 0.05) is 5.54 Å². The van der Waals surface area contributed by atoms with Gasteiger partial charge in [0.15, 0.2) is 5.69 Å². The van der Waals surface area contributed by atoms with Crippen LogP contribution in [-0.2, 0) is 17.8 Å². The molecule has 1 aromatic rings. The molecular weight excluding hydrogens is 248 g/mol. The molecule has 0 spiro atoms. The summed E-state index contributed by atoms with van der Waals surface area (Å²) in [7, 11) is 0. The van der Waals surface area contributed by atoms with E-state index in [4.69, 9.17) is 5.11 Å². The van der Waals surface area contributed by atoms with E-state index in [0.29, 0.717) is 12.1 Å². The van der Waals surface area contributed by atoms with E-state index >= 15 is 0 Å². The summed E-state index contributed by atoms with van der Waals surface area (Å²) in [6, 6.07) is 0. The molecule has 0 atom stereocenters. The number of carbonyl (C=O) groups is 2. The summed E-state index contributed by atoms with van der Waals surface area (Å²) in [6.07, 6.45) is 1.28. The van der Waals surface area contributed by atoms with Crippen LogP contribution in [0.3, 0.4) is 0 Å². The van der Waals surface area contributed by atoms with E-state index in [0.717, 1.165) is 6.42 Å². The standard InChI is InChI=1S/C12H20N4O3/c1-5-6-8-10(11(18)19)14-15-16(8)7-9(17)13-12(2,3)4/h5-7H2,1-4H3,(H,13,17)(H,18,19). The van der Waals surface area contributed by atoms with Crippen LogP contribution in [0.25, 0.3) is 0 Å². The minimum atomic E-state index is -1.12. The highest BCUT2D eigenvalue weighted by Crippen LogP contribution is 2.09. The van der Waals surface area contributed by atoms with Gasteiger partial charge in [0.2, 0.25) is 5.91 Å². The van der Waals surface area contributed by atoms with Crippen molar-refractivity contribution >= 4 is 11.9 Å². The predicted octanol–water partition coefficient (Wildman–Crippen LogP) is 0.843. The van der Waals surface area contributed by atoms with Crippen LogP contribution in [0.4, 0.5) is 0 Å². The number of hydrogen-bond donors (Lipinski definition) is 2. The second-order valence-corrected chi connectivity index (χ2v) is 5.40. The number of carbonyl (C=O) groups excluding carboxylic acids is 1. The number of aromatic carboxylic acids is 1. The lowest BCUT2D eigenvalue weighted by Gasteiger charge is -2.20. The number of hydrogen-bond acceptors (Lipinski definition) is 4. The fourth-order valence-electron chi connectivity index (χ4n) is 1.70. The second kappa shape index (κ2) is 5.81. The van der Waals surface area contributed by atoms with Gasteiger partial charge in [0.1, 0.15) is 6.54 Å². The Bertz CT molecular complexity index is 474. The largest absolute Gasteiger partial charge is 0.476 e. The molecule has 106 valence electrons. The number of nitrogens with zero attached hydrogens (tertiary/aromatic N) is 3. The van der Waals surface area contributed by atoms with Gasteiger partial charge in [0.25, 0.3) is 0 Å². The molecule has 0 saturated heterocycles. The van der Waals surface area contributed by atoms with Crippen LogP contribution in [0.2, 0.25) is 0 Å². The smallest absolute Gasteiger partial charge is 0.358 e. The summed E-state index contributed by atoms with van der Waals surface area (Å²) in [6.45, 7) is 7.54. The van der Waals surface area contributed by atoms with Crippen molar-refractivity contribution in [2.75, 3.05) is 0 Å². The van der Waals surface area contributed by atoms with Crippen molar-refractivity contribution in [2.45, 2.75) is 52.6 Å². The number of aromatic nitrogens is 3. The Morgan fingerprint density at radius 2 is 2.00 bits per heavy atom. The van der Waals surface area contributed by atoms with E-state index < -0.39 is 5.97 Å². The Morgan fingerprint density at radius 1 is 1.37 bits per heavy atom. The van der Waals surface area contributed by atoms with Gasteiger partial charge in [0.05, 0.1) is 5.69 Å². The van der Waals surface area contributed by atoms with Crippen molar-refractivity contribution in [1.29, 1.82) is 0 Å². The second-order valence-electron chi connectivity index (χ2n) is 5.40. The summed E-state index contributed by atoms with van der Waals surface area (Å²) >= 11 is 0. The first-order chi connectivity index (χ1) is 8.74. The van der Waals surface area contributed by atoms with Crippen LogP contribution in [0.5, 0.6) is 0 Å². The zero-order valence-corrected chi connectivity index (χ0v) is 11.7. The van der Waals surface area contributed by atoms with Crippen LogP contribution in [0, 0.1) is 0 Å². The maximum absolute atomic E-state index is 11.8. The molecule has 0 aliphatic rings. The lowest BCUT2D eigenvalue weighted by Crippen LogP contribution is -2.42. The zero-order valence-electron chi connectivity index (χ0n) is 11.7. The average molecular weight is 268 g/mol. The fourth-order valence-corrected chi connectivity index (χ4v) is 1.70. The summed E-state index contributed by atoms with van der Waals surface area (Å²) in [5.74, 6) is -1.34. The molecule has 0 saturated carbocycles. The van der Waals surface area contributed by atoms with E-state index in [2.05, 4.69) is 15.6 Å². The highest BCUT2D eigenvalue weighted by atomic mass is 16.4. The van der Waals surface area contributed by atoms with Crippen molar-refractivity contribution in [1.82, 2.24) is 20.3 Å². The average Bonchev–Trinajstić information content (AvgIpc) is 2.59. The topological polar surface area (TPSA) is 97.1 Å². The molecule has 0 aliphatic heterocycles. The van der Waals surface area contributed by atoms with Crippen molar-refractivity contribution in [2.24, 2.45) is 0 Å². The van der Waals surface area contributed by atoms with Crippen LogP contribution >= 0.6 is 0 Å². The normalized spacial score (nSPS) is 11.4. The summed E-state index contributed by atoms with van der Waals surface area (Å²) < 4.78 is 1.36. The first-order valence-electron chi connectivity index (χ1n) is 6.21. The van der Waals surface area contributed by atoms with Crippen molar-refractivity contribution in [3.63, 3.8) is 0 Å². The number of rotatable bonds is 5. The van der Waals surface area contributed by atoms with Gasteiger partial charge in [-0.25, -0.2) is 9.48 Å². The molecule has 1 amide bonds. The Morgan fingerprint density at radius 3 is 2.47 bits per heavy atom. The third-order valence-corrected chi connectivity index (χ3v) is 2.33. The zero-order chi connectivity index (χ0) is 14.6. The number of amides is 1. The molecular formula is C12H20N4O3. The fraction of sp³-hybridized carbons (Fsp3) is 0.667. The third-order valence-electron chi connectivity index (χ3n) is 2.33. The highest BCUT2D eigenvalue weighted by Gasteiger charge is 2.21. The molecule has 0 radical (unpaired) electrons. The van der Waals surface area contributed by atoms with E-state index in [-0.39, 0.29) is 23.7 Å². The maximum atomic E-state index is 11.8. The first-order valence-corrected chi connectivity index (χ1v) is 6.21. The van der Waals surface area contributed by atoms with Gasteiger partial charge in [-0.15, -0.1) is 5.10 Å². The van der Waals surface area contributed by atoms with E-state index in [1.807, 2.05) is 27.7 Å². The van der Waals surface area contributed by atoms with Crippen molar-refractivity contribution < 1.29 is 14.7 Å². The van der Waals surface area contributed by atoms with Crippen LogP contribution in [0.15, 0.2) is 0 Å². The molecule has 0 bridgehead atoms. The quantitative estimate of drug-likeness (QED) is 0.825. The highest BCUT2D eigenvalue weighted by molar-refractivity contribution is 5.86. The molecule has 0 unspecified atom stereocenters. The van der Waals surface area contributed by atoms with Crippen LogP contribution < -0.4 is 5.32 Å². The molecule has 0 fully saturated rings. The lowest BCUT2D eigenvalue weighted by atomic mass is 10.1. The first kappa shape index (κ1) is 15.1. The number of nitrogens with one attached hydrogen (secondary N) is 1. The summed E-state index contributed by atoms with van der Waals surface area (Å²) in [5, 5.41) is 19.2. The Balaban J connectivity index is 2.89. The molecule has 1 aromatic heterocycles. The van der Waals surface area contributed by atoms with E-state index in [9.17, 15) is 9.59 Å². The van der Waals surface area contributed by atoms with Crippen LogP contribution in [-0.4, -0.2) is 37.5 Å². The van der Waals surface area contributed by atoms with Gasteiger partial charge in [-0.2, -0.15) is 0 Å². The lowest BCUT2D eigenvalue weighted by molar-refractivity contribution is -0.123. The molecule has 0 aliphatic carbocycles. The monoisotopic (exact) mass is 268 g/mol. The van der Waals surface area contributed by atoms with Gasteiger partial charge in [-0.05, 0) is 27.2 Å². The Kier molecular flexibility index (Phi) is 4.63. The summed E-state index contributed by atoms with van der Waals surface area (Å²) in [4.78, 5) is 22.8. The molecule has 1 rings (SSSR count). The maximum Gasteiger partial charge on any atom is 0.358 e. The molecule has 1 heterocycles. The molecule has 19 heavy (non-hydrogen) atoms. The van der Waals surface area contributed by atoms with Gasteiger partial charge >= 0.3 is 5.97 Å². The summed E-state index contributed by atoms with van der Waals surface area (Å²) in [5.41, 5.74) is 0.0718. The molecule has 2 N–H and O–H groups in total. The van der Waals surface area contributed by atoms with Gasteiger partial charge in [-0.1, -0.05) is 18.6 Å². The van der Waals surface area contributed by atoms with E-state index in [1.165, 1.54) is 4.68 Å². The Hall–Kier alpha value is -1.92. The minimum Gasteiger partial charge on any atom is -0.476 e. The van der Waals surface area contributed by atoms with Gasteiger partial charge in [-0.3, -0.25) is 4.79 Å². The van der Waals surface area contributed by atoms with Crippen molar-refractivity contribution in [3.8, 4) is 0 Å². The Labute approximate surface area is 112 Å². The van der Waals surface area contributed by atoms with Crippen molar-refractivity contribution in [3.05, 3.63) is 11.4 Å². The molecule has 0 aromatic carbocycles. The minimum absolute atomic E-state index is 0.0209. The van der Waals surface area contributed by atoms with Crippen LogP contribution in [0.1, 0.15) is 50.3 Å². The SMILES string of the molecule is CCCc1c(C(=O)O)nnn1CC(=O)NC(C)(C)C. The third kappa shape index (κ3) is 4.35. The predicted molar refractivity (Wildman–Crippen MR) is 68.9 cm³/mol. The van der Waals surface area contributed by atoms with E-state index in [1.54, 1.807) is 0 Å². The number of carboxylic acid groups (broad SMARTS) is 1.